The molecule has 1 aromatic carbocycles. The second-order valence-electron chi connectivity index (χ2n) is 5.91. The fraction of sp³-hybridized carbons (Fsp3) is 0.353. The second-order valence-corrected chi connectivity index (χ2v) is 5.91. The normalized spacial score (nSPS) is 14.2. The molecule has 9 nitrogen and oxygen atoms in total. The first-order valence-corrected chi connectivity index (χ1v) is 8.14. The van der Waals surface area contributed by atoms with Crippen LogP contribution in [0, 0.1) is 21.4 Å². The van der Waals surface area contributed by atoms with Crippen LogP contribution in [-0.2, 0) is 13.0 Å². The number of nitro benzene ring substituents is 1. The molecule has 0 radical (unpaired) electrons. The van der Waals surface area contributed by atoms with Gasteiger partial charge in [-0.1, -0.05) is 6.42 Å². The average molecular weight is 355 g/mol. The summed E-state index contributed by atoms with van der Waals surface area (Å²) in [6.45, 7) is 0.706. The van der Waals surface area contributed by atoms with Gasteiger partial charge in [-0.2, -0.15) is 5.26 Å². The Hall–Kier alpha value is -3.41. The molecular formula is C17H17N5O4. The van der Waals surface area contributed by atoms with Crippen molar-refractivity contribution >= 4 is 17.3 Å². The molecule has 1 N–H and O–H groups in total. The summed E-state index contributed by atoms with van der Waals surface area (Å²) in [5, 5.41) is 39.0. The number of nitro groups is 1. The van der Waals surface area contributed by atoms with E-state index < -0.39 is 4.92 Å². The van der Waals surface area contributed by atoms with E-state index in [2.05, 4.69) is 16.3 Å². The molecule has 26 heavy (non-hydrogen) atoms. The van der Waals surface area contributed by atoms with Gasteiger partial charge in [-0.15, -0.1) is 10.2 Å². The number of nitriles is 1. The van der Waals surface area contributed by atoms with Gasteiger partial charge in [0.25, 0.3) is 5.69 Å². The predicted octanol–water partition coefficient (Wildman–Crippen LogP) is 2.69. The first-order valence-electron chi connectivity index (χ1n) is 8.14. The number of methoxy groups -OCH3 is 1. The number of hydrogen-bond acceptors (Lipinski definition) is 7. The van der Waals surface area contributed by atoms with Crippen LogP contribution in [0.3, 0.4) is 0 Å². The Morgan fingerprint density at radius 2 is 2.23 bits per heavy atom. The summed E-state index contributed by atoms with van der Waals surface area (Å²) >= 11 is 0. The van der Waals surface area contributed by atoms with Crippen molar-refractivity contribution in [2.45, 2.75) is 32.2 Å². The molecule has 0 saturated carbocycles. The van der Waals surface area contributed by atoms with Crippen LogP contribution in [0.5, 0.6) is 11.5 Å². The van der Waals surface area contributed by atoms with Gasteiger partial charge in [-0.3, -0.25) is 10.1 Å². The molecule has 2 heterocycles. The zero-order valence-corrected chi connectivity index (χ0v) is 14.2. The highest BCUT2D eigenvalue weighted by atomic mass is 16.6. The Labute approximate surface area is 149 Å². The number of ether oxygens (including phenoxy) is 1. The highest BCUT2D eigenvalue weighted by Gasteiger charge is 2.21. The monoisotopic (exact) mass is 355 g/mol. The maximum Gasteiger partial charge on any atom is 0.280 e. The third-order valence-corrected chi connectivity index (χ3v) is 4.30. The summed E-state index contributed by atoms with van der Waals surface area (Å²) in [4.78, 5) is 10.7. The van der Waals surface area contributed by atoms with E-state index in [1.807, 2.05) is 4.57 Å². The third kappa shape index (κ3) is 3.21. The van der Waals surface area contributed by atoms with Gasteiger partial charge < -0.3 is 14.4 Å². The molecule has 0 atom stereocenters. The van der Waals surface area contributed by atoms with E-state index in [0.29, 0.717) is 12.4 Å². The Kier molecular flexibility index (Phi) is 4.84. The van der Waals surface area contributed by atoms with E-state index >= 15 is 0 Å². The summed E-state index contributed by atoms with van der Waals surface area (Å²) in [7, 11) is 1.35. The Morgan fingerprint density at radius 1 is 1.42 bits per heavy atom. The van der Waals surface area contributed by atoms with Crippen LogP contribution in [0.15, 0.2) is 12.1 Å². The van der Waals surface area contributed by atoms with Gasteiger partial charge in [0.2, 0.25) is 0 Å². The zero-order chi connectivity index (χ0) is 18.7. The topological polar surface area (TPSA) is 127 Å². The number of benzene rings is 1. The molecule has 1 aliphatic rings. The maximum atomic E-state index is 11.3. The quantitative estimate of drug-likeness (QED) is 0.507. The first kappa shape index (κ1) is 17.4. The van der Waals surface area contributed by atoms with Crippen molar-refractivity contribution in [2.75, 3.05) is 7.11 Å². The lowest BCUT2D eigenvalue weighted by atomic mass is 10.1. The van der Waals surface area contributed by atoms with Gasteiger partial charge in [0.05, 0.1) is 29.2 Å². The molecule has 3 rings (SSSR count). The first-order chi connectivity index (χ1) is 12.5. The number of hydrogen-bond donors (Lipinski definition) is 1. The molecule has 0 saturated heterocycles. The van der Waals surface area contributed by atoms with E-state index in [9.17, 15) is 20.5 Å². The minimum Gasteiger partial charge on any atom is -0.504 e. The number of phenols is 1. The van der Waals surface area contributed by atoms with E-state index in [1.54, 1.807) is 0 Å². The molecule has 0 bridgehead atoms. The number of allylic oxidation sites excluding steroid dienone is 1. The molecule has 0 amide bonds. The van der Waals surface area contributed by atoms with Crippen LogP contribution in [-0.4, -0.2) is 31.9 Å². The fourth-order valence-corrected chi connectivity index (χ4v) is 3.00. The lowest BCUT2D eigenvalue weighted by Gasteiger charge is -2.07. The zero-order valence-electron chi connectivity index (χ0n) is 14.2. The van der Waals surface area contributed by atoms with Crippen LogP contribution in [0.2, 0.25) is 0 Å². The van der Waals surface area contributed by atoms with Gasteiger partial charge in [-0.05, 0) is 25.0 Å². The largest absolute Gasteiger partial charge is 0.504 e. The van der Waals surface area contributed by atoms with E-state index in [-0.39, 0.29) is 28.3 Å². The highest BCUT2D eigenvalue weighted by Crippen LogP contribution is 2.35. The number of fused-ring (bicyclic) bond motifs is 1. The number of rotatable bonds is 4. The fourth-order valence-electron chi connectivity index (χ4n) is 3.00. The van der Waals surface area contributed by atoms with Crippen molar-refractivity contribution in [2.24, 2.45) is 0 Å². The van der Waals surface area contributed by atoms with Gasteiger partial charge in [0, 0.05) is 13.0 Å². The molecule has 2 aromatic rings. The van der Waals surface area contributed by atoms with E-state index in [4.69, 9.17) is 4.74 Å². The Bertz CT molecular complexity index is 926. The summed E-state index contributed by atoms with van der Waals surface area (Å²) in [6, 6.07) is 4.38. The number of aromatic hydroxyl groups is 1. The maximum absolute atomic E-state index is 11.3. The molecule has 1 aromatic heterocycles. The molecule has 134 valence electrons. The highest BCUT2D eigenvalue weighted by molar-refractivity contribution is 5.89. The smallest absolute Gasteiger partial charge is 0.280 e. The van der Waals surface area contributed by atoms with Crippen molar-refractivity contribution in [1.29, 1.82) is 5.26 Å². The van der Waals surface area contributed by atoms with E-state index in [1.165, 1.54) is 19.3 Å². The SMILES string of the molecule is COc1cc(/C=C(\C#N)c2nnc3n2CCCCC3)c([N+](=O)[O-])cc1O. The molecule has 0 aliphatic carbocycles. The lowest BCUT2D eigenvalue weighted by molar-refractivity contribution is -0.385. The van der Waals surface area contributed by atoms with Crippen molar-refractivity contribution in [3.63, 3.8) is 0 Å². The number of aryl methyl sites for hydroxylation is 1. The van der Waals surface area contributed by atoms with Crippen LogP contribution in [0.4, 0.5) is 5.69 Å². The Morgan fingerprint density at radius 3 is 2.92 bits per heavy atom. The van der Waals surface area contributed by atoms with E-state index in [0.717, 1.165) is 37.6 Å². The molecule has 9 heteroatoms. The average Bonchev–Trinajstić information content (AvgIpc) is 2.88. The van der Waals surface area contributed by atoms with Crippen LogP contribution in [0.1, 0.15) is 36.5 Å². The number of phenolic OH excluding ortho intramolecular Hbond substituents is 1. The summed E-state index contributed by atoms with van der Waals surface area (Å²) in [5.41, 5.74) is -0.0136. The summed E-state index contributed by atoms with van der Waals surface area (Å²) in [5.74, 6) is 0.951. The summed E-state index contributed by atoms with van der Waals surface area (Å²) < 4.78 is 6.91. The Balaban J connectivity index is 2.12. The lowest BCUT2D eigenvalue weighted by Crippen LogP contribution is -2.05. The predicted molar refractivity (Wildman–Crippen MR) is 92.4 cm³/mol. The van der Waals surface area contributed by atoms with Crippen molar-refractivity contribution in [3.8, 4) is 17.6 Å². The molecule has 0 fully saturated rings. The third-order valence-electron chi connectivity index (χ3n) is 4.30. The molecule has 0 spiro atoms. The minimum atomic E-state index is -0.621. The van der Waals surface area contributed by atoms with Crippen LogP contribution in [0.25, 0.3) is 11.6 Å². The number of nitrogens with zero attached hydrogens (tertiary/aromatic N) is 5. The standard InChI is InChI=1S/C17H17N5O4/c1-26-15-8-11(13(22(24)25)9-14(15)23)7-12(10-18)17-20-19-16-5-3-2-4-6-21(16)17/h7-9,23H,2-6H2,1H3/b12-7+. The van der Waals surface area contributed by atoms with Crippen LogP contribution < -0.4 is 4.74 Å². The van der Waals surface area contributed by atoms with Crippen molar-refractivity contribution in [3.05, 3.63) is 39.5 Å². The molecular weight excluding hydrogens is 338 g/mol. The van der Waals surface area contributed by atoms with Crippen molar-refractivity contribution < 1.29 is 14.8 Å². The molecule has 0 unspecified atom stereocenters. The van der Waals surface area contributed by atoms with Crippen LogP contribution >= 0.6 is 0 Å². The van der Waals surface area contributed by atoms with Gasteiger partial charge >= 0.3 is 0 Å². The van der Waals surface area contributed by atoms with Gasteiger partial charge in [0.15, 0.2) is 17.3 Å². The second kappa shape index (κ2) is 7.23. The van der Waals surface area contributed by atoms with Crippen molar-refractivity contribution in [1.82, 2.24) is 14.8 Å². The molecule has 1 aliphatic heterocycles. The summed E-state index contributed by atoms with van der Waals surface area (Å²) in [6.07, 6.45) is 5.23. The number of aromatic nitrogens is 3. The van der Waals surface area contributed by atoms with Gasteiger partial charge in [-0.25, -0.2) is 0 Å². The van der Waals surface area contributed by atoms with Gasteiger partial charge in [0.1, 0.15) is 11.9 Å². The minimum absolute atomic E-state index is 0.0826.